The predicted octanol–water partition coefficient (Wildman–Crippen LogP) is 5.05. The van der Waals surface area contributed by atoms with Crippen molar-refractivity contribution in [2.45, 2.75) is 58.3 Å². The van der Waals surface area contributed by atoms with Crippen molar-refractivity contribution in [2.24, 2.45) is 0 Å². The van der Waals surface area contributed by atoms with E-state index < -0.39 is 0 Å². The van der Waals surface area contributed by atoms with E-state index in [2.05, 4.69) is 42.6 Å². The molecule has 1 amide bonds. The number of fused-ring (bicyclic) bond motifs is 1. The summed E-state index contributed by atoms with van der Waals surface area (Å²) in [6.45, 7) is 3.02. The lowest BCUT2D eigenvalue weighted by Gasteiger charge is -2.13. The molecule has 2 rings (SSSR count). The summed E-state index contributed by atoms with van der Waals surface area (Å²) in [4.78, 5) is 11.8. The molecule has 23 heavy (non-hydrogen) atoms. The Kier molecular flexibility index (Phi) is 7.65. The Labute approximate surface area is 140 Å². The summed E-state index contributed by atoms with van der Waals surface area (Å²) in [7, 11) is 0. The van der Waals surface area contributed by atoms with Gasteiger partial charge in [-0.25, -0.2) is 0 Å². The van der Waals surface area contributed by atoms with Crippen molar-refractivity contribution in [3.05, 3.63) is 53.1 Å². The van der Waals surface area contributed by atoms with Crippen molar-refractivity contribution < 1.29 is 4.79 Å². The molecule has 2 heteroatoms. The Morgan fingerprint density at radius 2 is 1.87 bits per heavy atom. The second-order valence-corrected chi connectivity index (χ2v) is 6.31. The van der Waals surface area contributed by atoms with Crippen LogP contribution in [-0.2, 0) is 11.2 Å². The number of unbranched alkanes of at least 4 members (excludes halogenated alkanes) is 5. The van der Waals surface area contributed by atoms with Gasteiger partial charge in [0, 0.05) is 12.6 Å². The molecule has 1 aromatic carbocycles. The number of benzene rings is 1. The number of rotatable bonds is 9. The highest BCUT2D eigenvalue weighted by Crippen LogP contribution is 2.24. The van der Waals surface area contributed by atoms with Crippen LogP contribution in [0.4, 0.5) is 0 Å². The van der Waals surface area contributed by atoms with Gasteiger partial charge in [-0.1, -0.05) is 75.4 Å². The van der Waals surface area contributed by atoms with E-state index in [-0.39, 0.29) is 5.91 Å². The van der Waals surface area contributed by atoms with Gasteiger partial charge in [-0.05, 0) is 36.0 Å². The number of amides is 1. The predicted molar refractivity (Wildman–Crippen MR) is 98.3 cm³/mol. The average molecular weight is 311 g/mol. The lowest BCUT2D eigenvalue weighted by molar-refractivity contribution is -0.116. The van der Waals surface area contributed by atoms with E-state index in [4.69, 9.17) is 0 Å². The number of hydrogen-bond acceptors (Lipinski definition) is 1. The van der Waals surface area contributed by atoms with Gasteiger partial charge < -0.3 is 5.32 Å². The van der Waals surface area contributed by atoms with Gasteiger partial charge in [0.15, 0.2) is 0 Å². The number of hydrogen-bond donors (Lipinski definition) is 1. The molecule has 124 valence electrons. The third-order valence-corrected chi connectivity index (χ3v) is 4.36. The van der Waals surface area contributed by atoms with Crippen molar-refractivity contribution in [3.8, 4) is 0 Å². The molecule has 0 bridgehead atoms. The van der Waals surface area contributed by atoms with Gasteiger partial charge in [-0.3, -0.25) is 4.79 Å². The Hall–Kier alpha value is -1.83. The summed E-state index contributed by atoms with van der Waals surface area (Å²) in [5.74, 6) is 0.0262. The van der Waals surface area contributed by atoms with Crippen LogP contribution in [0.25, 0.3) is 6.08 Å². The lowest BCUT2D eigenvalue weighted by atomic mass is 9.92. The number of carbonyl (C=O) groups excluding carboxylic acids is 1. The van der Waals surface area contributed by atoms with E-state index in [9.17, 15) is 4.79 Å². The van der Waals surface area contributed by atoms with Gasteiger partial charge >= 0.3 is 0 Å². The fourth-order valence-corrected chi connectivity index (χ4v) is 2.94. The summed E-state index contributed by atoms with van der Waals surface area (Å²) in [5.41, 5.74) is 3.92. The molecule has 0 saturated heterocycles. The molecule has 1 aliphatic rings. The quantitative estimate of drug-likeness (QED) is 0.502. The zero-order chi connectivity index (χ0) is 16.3. The van der Waals surface area contributed by atoms with Crippen molar-refractivity contribution in [1.82, 2.24) is 5.32 Å². The smallest absolute Gasteiger partial charge is 0.243 e. The first-order chi connectivity index (χ1) is 11.3. The van der Waals surface area contributed by atoms with Crippen LogP contribution in [0.5, 0.6) is 0 Å². The zero-order valence-electron chi connectivity index (χ0n) is 14.3. The number of nitrogens with one attached hydrogen (secondary N) is 1. The zero-order valence-corrected chi connectivity index (χ0v) is 14.3. The van der Waals surface area contributed by atoms with Gasteiger partial charge in [-0.2, -0.15) is 0 Å². The highest BCUT2D eigenvalue weighted by atomic mass is 16.1. The van der Waals surface area contributed by atoms with E-state index in [1.807, 2.05) is 6.08 Å². The maximum Gasteiger partial charge on any atom is 0.243 e. The number of carbonyl (C=O) groups is 1. The molecule has 0 unspecified atom stereocenters. The van der Waals surface area contributed by atoms with Crippen molar-refractivity contribution >= 4 is 12.0 Å². The fourth-order valence-electron chi connectivity index (χ4n) is 2.94. The molecule has 0 spiro atoms. The molecule has 0 aliphatic heterocycles. The van der Waals surface area contributed by atoms with Crippen LogP contribution in [0.3, 0.4) is 0 Å². The molecule has 0 saturated carbocycles. The largest absolute Gasteiger partial charge is 0.353 e. The summed E-state index contributed by atoms with van der Waals surface area (Å²) in [5, 5.41) is 2.98. The number of aryl methyl sites for hydroxylation is 1. The molecule has 1 aliphatic carbocycles. The molecular formula is C21H29NO. The summed E-state index contributed by atoms with van der Waals surface area (Å²) in [6, 6.07) is 8.47. The second kappa shape index (κ2) is 10.0. The maximum absolute atomic E-state index is 11.8. The van der Waals surface area contributed by atoms with Gasteiger partial charge in [0.25, 0.3) is 0 Å². The summed E-state index contributed by atoms with van der Waals surface area (Å²) < 4.78 is 0. The topological polar surface area (TPSA) is 29.1 Å². The highest BCUT2D eigenvalue weighted by molar-refractivity contribution is 5.88. The summed E-state index contributed by atoms with van der Waals surface area (Å²) in [6.07, 6.45) is 15.4. The maximum atomic E-state index is 11.8. The first-order valence-corrected chi connectivity index (χ1v) is 9.04. The first kappa shape index (κ1) is 17.5. The fraction of sp³-hybridized carbons (Fsp3) is 0.476. The van der Waals surface area contributed by atoms with Crippen molar-refractivity contribution in [2.75, 3.05) is 6.54 Å². The molecule has 0 aromatic heterocycles. The normalized spacial score (nSPS) is 13.7. The second-order valence-electron chi connectivity index (χ2n) is 6.31. The minimum Gasteiger partial charge on any atom is -0.353 e. The molecule has 0 heterocycles. The summed E-state index contributed by atoms with van der Waals surface area (Å²) >= 11 is 0. The highest BCUT2D eigenvalue weighted by Gasteiger charge is 2.07. The van der Waals surface area contributed by atoms with Crippen molar-refractivity contribution in [3.63, 3.8) is 0 Å². The molecule has 0 atom stereocenters. The van der Waals surface area contributed by atoms with Crippen LogP contribution in [0.2, 0.25) is 0 Å². The Morgan fingerprint density at radius 1 is 1.09 bits per heavy atom. The monoisotopic (exact) mass is 311 g/mol. The van der Waals surface area contributed by atoms with E-state index in [0.717, 1.165) is 25.8 Å². The molecule has 1 aromatic rings. The molecule has 0 fully saturated rings. The van der Waals surface area contributed by atoms with Gasteiger partial charge in [-0.15, -0.1) is 0 Å². The van der Waals surface area contributed by atoms with Gasteiger partial charge in [0.1, 0.15) is 0 Å². The van der Waals surface area contributed by atoms with Gasteiger partial charge in [0.2, 0.25) is 5.91 Å². The van der Waals surface area contributed by atoms with Gasteiger partial charge in [0.05, 0.1) is 0 Å². The molecule has 0 radical (unpaired) electrons. The van der Waals surface area contributed by atoms with E-state index in [1.54, 1.807) is 6.08 Å². The lowest BCUT2D eigenvalue weighted by Crippen LogP contribution is -2.22. The average Bonchev–Trinajstić information content (AvgIpc) is 2.59. The van der Waals surface area contributed by atoms with E-state index in [1.165, 1.54) is 48.8 Å². The van der Waals surface area contributed by atoms with E-state index >= 15 is 0 Å². The Morgan fingerprint density at radius 3 is 2.74 bits per heavy atom. The molecule has 2 nitrogen and oxygen atoms in total. The first-order valence-electron chi connectivity index (χ1n) is 9.04. The third-order valence-electron chi connectivity index (χ3n) is 4.36. The molecule has 1 N–H and O–H groups in total. The van der Waals surface area contributed by atoms with E-state index in [0.29, 0.717) is 0 Å². The Bertz CT molecular complexity index is 557. The van der Waals surface area contributed by atoms with Crippen LogP contribution in [0.15, 0.2) is 42.0 Å². The van der Waals surface area contributed by atoms with Crippen molar-refractivity contribution in [1.29, 1.82) is 0 Å². The van der Waals surface area contributed by atoms with Crippen LogP contribution in [0, 0.1) is 0 Å². The van der Waals surface area contributed by atoms with Crippen LogP contribution in [-0.4, -0.2) is 12.5 Å². The Balaban J connectivity index is 1.67. The van der Waals surface area contributed by atoms with Crippen LogP contribution >= 0.6 is 0 Å². The number of allylic oxidation sites excluding steroid dienone is 2. The standard InChI is InChI=1S/C21H29NO/c1-2-3-4-5-6-9-16-22-21(23)15-13-18-12-14-19-10-7-8-11-20(19)17-18/h7-8,10-11,13,15,17H,2-6,9,12,14,16H2,1H3,(H,22,23)/b15-13+. The SMILES string of the molecule is CCCCCCCCNC(=O)/C=C/C1=Cc2ccccc2CC1. The minimum atomic E-state index is 0.0262. The minimum absolute atomic E-state index is 0.0262. The third kappa shape index (κ3) is 6.43. The van der Waals surface area contributed by atoms with Crippen LogP contribution < -0.4 is 5.32 Å². The molecular weight excluding hydrogens is 282 g/mol. The van der Waals surface area contributed by atoms with Crippen LogP contribution in [0.1, 0.15) is 63.0 Å².